The van der Waals surface area contributed by atoms with Crippen molar-refractivity contribution in [2.75, 3.05) is 6.61 Å². The number of aromatic hydroxyl groups is 1. The molecule has 1 aromatic carbocycles. The number of phenolic OH excluding ortho intramolecular Hbond substituents is 1. The number of carbonyl (C=O) groups excluding carboxylic acids is 2. The molecule has 0 spiro atoms. The van der Waals surface area contributed by atoms with Gasteiger partial charge in [0.25, 0.3) is 0 Å². The average molecular weight is 249 g/mol. The van der Waals surface area contributed by atoms with Crippen molar-refractivity contribution in [3.63, 3.8) is 0 Å². The predicted molar refractivity (Wildman–Crippen MR) is 66.8 cm³/mol. The van der Waals surface area contributed by atoms with Crippen LogP contribution in [0.1, 0.15) is 12.0 Å². The summed E-state index contributed by atoms with van der Waals surface area (Å²) in [6.07, 6.45) is 2.49. The number of hydrogen-bond donors (Lipinski definition) is 3. The summed E-state index contributed by atoms with van der Waals surface area (Å²) in [5.74, 6) is -0.725. The Labute approximate surface area is 105 Å². The molecule has 0 amide bonds. The summed E-state index contributed by atoms with van der Waals surface area (Å²) in [5, 5.41) is 17.7. The Morgan fingerprint density at radius 2 is 1.89 bits per heavy atom. The Hall–Kier alpha value is -1.98. The first-order chi connectivity index (χ1) is 8.52. The van der Waals surface area contributed by atoms with Crippen LogP contribution in [0.25, 0.3) is 6.08 Å². The number of aliphatic hydroxyl groups excluding tert-OH is 1. The van der Waals surface area contributed by atoms with Gasteiger partial charge in [-0.15, -0.1) is 0 Å². The second-order valence-corrected chi connectivity index (χ2v) is 3.82. The molecule has 0 unspecified atom stereocenters. The molecular weight excluding hydrogens is 234 g/mol. The van der Waals surface area contributed by atoms with Crippen LogP contribution in [0.3, 0.4) is 0 Å². The maximum Gasteiger partial charge on any atom is 0.163 e. The van der Waals surface area contributed by atoms with Gasteiger partial charge in [-0.25, -0.2) is 0 Å². The van der Waals surface area contributed by atoms with E-state index in [-0.39, 0.29) is 18.0 Å². The molecule has 96 valence electrons. The molecule has 5 heteroatoms. The van der Waals surface area contributed by atoms with E-state index in [1.54, 1.807) is 18.2 Å². The minimum absolute atomic E-state index is 0.141. The van der Waals surface area contributed by atoms with E-state index in [4.69, 9.17) is 15.9 Å². The smallest absolute Gasteiger partial charge is 0.163 e. The maximum absolute atomic E-state index is 11.4. The minimum Gasteiger partial charge on any atom is -0.508 e. The lowest BCUT2D eigenvalue weighted by Gasteiger charge is -2.04. The van der Waals surface area contributed by atoms with Crippen molar-refractivity contribution in [3.05, 3.63) is 35.9 Å². The normalized spacial score (nSPS) is 12.6. The third-order valence-electron chi connectivity index (χ3n) is 2.31. The monoisotopic (exact) mass is 249 g/mol. The van der Waals surface area contributed by atoms with E-state index in [9.17, 15) is 9.59 Å². The van der Waals surface area contributed by atoms with E-state index < -0.39 is 18.4 Å². The zero-order valence-corrected chi connectivity index (χ0v) is 9.74. The Morgan fingerprint density at radius 1 is 1.28 bits per heavy atom. The van der Waals surface area contributed by atoms with E-state index in [0.29, 0.717) is 0 Å². The van der Waals surface area contributed by atoms with Crippen LogP contribution in [-0.4, -0.2) is 34.4 Å². The molecule has 4 N–H and O–H groups in total. The van der Waals surface area contributed by atoms with Gasteiger partial charge >= 0.3 is 0 Å². The van der Waals surface area contributed by atoms with Crippen molar-refractivity contribution in [2.24, 2.45) is 5.73 Å². The van der Waals surface area contributed by atoms with Crippen molar-refractivity contribution in [2.45, 2.75) is 12.5 Å². The molecule has 5 nitrogen and oxygen atoms in total. The summed E-state index contributed by atoms with van der Waals surface area (Å²) in [7, 11) is 0. The molecule has 0 aromatic heterocycles. The quantitative estimate of drug-likeness (QED) is 0.495. The van der Waals surface area contributed by atoms with Gasteiger partial charge in [-0.05, 0) is 23.8 Å². The Bertz CT molecular complexity index is 451. The van der Waals surface area contributed by atoms with E-state index in [1.807, 2.05) is 0 Å². The molecule has 0 aliphatic rings. The van der Waals surface area contributed by atoms with Crippen molar-refractivity contribution < 1.29 is 19.8 Å². The van der Waals surface area contributed by atoms with Gasteiger partial charge in [0.1, 0.15) is 5.75 Å². The second-order valence-electron chi connectivity index (χ2n) is 3.82. The summed E-state index contributed by atoms with van der Waals surface area (Å²) in [4.78, 5) is 22.7. The van der Waals surface area contributed by atoms with Gasteiger partial charge in [-0.1, -0.05) is 18.2 Å². The van der Waals surface area contributed by atoms with Gasteiger partial charge < -0.3 is 15.9 Å². The largest absolute Gasteiger partial charge is 0.508 e. The second kappa shape index (κ2) is 6.68. The number of Topliss-reactive ketones (excluding diaryl/α,β-unsaturated/α-hetero) is 1. The number of aliphatic hydroxyl groups is 1. The number of rotatable bonds is 6. The van der Waals surface area contributed by atoms with E-state index in [1.165, 1.54) is 18.2 Å². The molecule has 0 aliphatic carbocycles. The fourth-order valence-corrected chi connectivity index (χ4v) is 1.24. The molecule has 0 saturated carbocycles. The number of phenols is 1. The van der Waals surface area contributed by atoms with Crippen molar-refractivity contribution in [1.29, 1.82) is 0 Å². The molecule has 0 saturated heterocycles. The van der Waals surface area contributed by atoms with Crippen LogP contribution >= 0.6 is 0 Å². The zero-order valence-electron chi connectivity index (χ0n) is 9.74. The lowest BCUT2D eigenvalue weighted by Crippen LogP contribution is -2.34. The van der Waals surface area contributed by atoms with Crippen LogP contribution in [0.5, 0.6) is 5.75 Å². The third-order valence-corrected chi connectivity index (χ3v) is 2.31. The number of benzene rings is 1. The first-order valence-electron chi connectivity index (χ1n) is 5.42. The average Bonchev–Trinajstić information content (AvgIpc) is 2.37. The number of nitrogens with two attached hydrogens (primary N) is 1. The highest BCUT2D eigenvalue weighted by molar-refractivity contribution is 6.07. The first kappa shape index (κ1) is 14.1. The predicted octanol–water partition coefficient (Wildman–Crippen LogP) is 0.253. The van der Waals surface area contributed by atoms with Crippen LogP contribution in [0.4, 0.5) is 0 Å². The molecule has 0 fully saturated rings. The first-order valence-corrected chi connectivity index (χ1v) is 5.42. The number of hydrogen-bond acceptors (Lipinski definition) is 5. The van der Waals surface area contributed by atoms with Crippen LogP contribution in [0.15, 0.2) is 30.3 Å². The Balaban J connectivity index is 2.54. The molecule has 18 heavy (non-hydrogen) atoms. The molecule has 0 radical (unpaired) electrons. The maximum atomic E-state index is 11.4. The SMILES string of the molecule is N[C@@H](CO)C(=O)CC(=O)/C=C/c1ccc(O)cc1. The summed E-state index contributed by atoms with van der Waals surface area (Å²) in [6, 6.07) is 5.27. The fourth-order valence-electron chi connectivity index (χ4n) is 1.24. The standard InChI is InChI=1S/C13H15NO4/c14-12(8-15)13(18)7-11(17)6-3-9-1-4-10(16)5-2-9/h1-6,12,15-16H,7-8,14H2/b6-3+/t12-/m0/s1. The summed E-state index contributed by atoms with van der Waals surface area (Å²) in [6.45, 7) is -0.464. The summed E-state index contributed by atoms with van der Waals surface area (Å²) >= 11 is 0. The van der Waals surface area contributed by atoms with Crippen molar-refractivity contribution in [3.8, 4) is 5.75 Å². The van der Waals surface area contributed by atoms with Crippen LogP contribution in [0, 0.1) is 0 Å². The molecule has 0 aliphatic heterocycles. The highest BCUT2D eigenvalue weighted by Crippen LogP contribution is 2.10. The van der Waals surface area contributed by atoms with Gasteiger partial charge in [-0.2, -0.15) is 0 Å². The van der Waals surface area contributed by atoms with E-state index >= 15 is 0 Å². The lowest BCUT2D eigenvalue weighted by molar-refractivity contribution is -0.126. The molecule has 0 bridgehead atoms. The van der Waals surface area contributed by atoms with Crippen molar-refractivity contribution in [1.82, 2.24) is 0 Å². The van der Waals surface area contributed by atoms with Crippen LogP contribution in [0.2, 0.25) is 0 Å². The van der Waals surface area contributed by atoms with Gasteiger partial charge in [0.2, 0.25) is 0 Å². The molecule has 1 aromatic rings. The Morgan fingerprint density at radius 3 is 2.44 bits per heavy atom. The minimum atomic E-state index is -1.00. The van der Waals surface area contributed by atoms with Gasteiger partial charge in [0.05, 0.1) is 19.1 Å². The van der Waals surface area contributed by atoms with Gasteiger partial charge in [-0.3, -0.25) is 9.59 Å². The number of carbonyl (C=O) groups is 2. The van der Waals surface area contributed by atoms with Crippen LogP contribution < -0.4 is 5.73 Å². The summed E-state index contributed by atoms with van der Waals surface area (Å²) < 4.78 is 0. The van der Waals surface area contributed by atoms with Gasteiger partial charge in [0, 0.05) is 0 Å². The molecule has 0 heterocycles. The van der Waals surface area contributed by atoms with Crippen molar-refractivity contribution >= 4 is 17.6 Å². The number of ketones is 2. The molecule has 1 rings (SSSR count). The number of allylic oxidation sites excluding steroid dienone is 1. The highest BCUT2D eigenvalue weighted by atomic mass is 16.3. The van der Waals surface area contributed by atoms with Gasteiger partial charge in [0.15, 0.2) is 11.6 Å². The summed E-state index contributed by atoms with van der Waals surface area (Å²) in [5.41, 5.74) is 6.02. The fraction of sp³-hybridized carbons (Fsp3) is 0.231. The third kappa shape index (κ3) is 4.48. The molecular formula is C13H15NO4. The topological polar surface area (TPSA) is 101 Å². The lowest BCUT2D eigenvalue weighted by atomic mass is 10.1. The van der Waals surface area contributed by atoms with Crippen LogP contribution in [-0.2, 0) is 9.59 Å². The zero-order chi connectivity index (χ0) is 13.5. The van der Waals surface area contributed by atoms with E-state index in [0.717, 1.165) is 5.56 Å². The highest BCUT2D eigenvalue weighted by Gasteiger charge is 2.14. The van der Waals surface area contributed by atoms with E-state index in [2.05, 4.69) is 0 Å². The molecule has 1 atom stereocenters. The Kier molecular flexibility index (Phi) is 5.23.